The van der Waals surface area contributed by atoms with Crippen molar-refractivity contribution in [3.05, 3.63) is 0 Å². The van der Waals surface area contributed by atoms with Gasteiger partial charge in [0, 0.05) is 18.8 Å². The van der Waals surface area contributed by atoms with Gasteiger partial charge in [0.2, 0.25) is 0 Å². The summed E-state index contributed by atoms with van der Waals surface area (Å²) in [4.78, 5) is 22.0. The van der Waals surface area contributed by atoms with Crippen LogP contribution in [-0.4, -0.2) is 53.1 Å². The monoisotopic (exact) mass is 442 g/mol. The van der Waals surface area contributed by atoms with Gasteiger partial charge >= 0.3 is 5.97 Å². The molecule has 0 aromatic rings. The highest BCUT2D eigenvalue weighted by Gasteiger charge is 2.43. The third-order valence-electron chi connectivity index (χ3n) is 5.49. The molecule has 0 radical (unpaired) electrons. The number of unbranched alkanes of at least 4 members (excludes halogenated alkanes) is 2. The number of ether oxygens (including phenoxy) is 1. The lowest BCUT2D eigenvalue weighted by Gasteiger charge is -2.30. The first-order valence-corrected chi connectivity index (χ1v) is 14.6. The maximum atomic E-state index is 11.8. The molecule has 1 rings (SSSR count). The summed E-state index contributed by atoms with van der Waals surface area (Å²) in [6.07, 6.45) is 8.16. The molecule has 0 N–H and O–H groups in total. The summed E-state index contributed by atoms with van der Waals surface area (Å²) in [5.41, 5.74) is 2.09. The second kappa shape index (κ2) is 13.8. The fourth-order valence-electron chi connectivity index (χ4n) is 4.22. The standard InChI is InChI=1S/C22H42N2O5Si/c1-8-9-10-11-17(23-27-3)12-13-19-18(14-15-22(25)26-2)20(24-28-4)16-21(19)29-30(5,6)7/h18-19,21H,8-16H2,1-7H3/b23-17+,24-20+. The Hall–Kier alpha value is -1.41. The van der Waals surface area contributed by atoms with E-state index in [-0.39, 0.29) is 23.9 Å². The molecular formula is C22H42N2O5Si. The largest absolute Gasteiger partial charge is 0.469 e. The molecule has 3 atom stereocenters. The van der Waals surface area contributed by atoms with Crippen molar-refractivity contribution in [3.63, 3.8) is 0 Å². The Bertz CT molecular complexity index is 574. The highest BCUT2D eigenvalue weighted by molar-refractivity contribution is 6.69. The molecule has 0 bridgehead atoms. The van der Waals surface area contributed by atoms with E-state index in [4.69, 9.17) is 18.8 Å². The molecule has 0 heterocycles. The second-order valence-corrected chi connectivity index (χ2v) is 13.4. The molecule has 8 heteroatoms. The number of nitrogens with zero attached hydrogens (tertiary/aromatic N) is 2. The van der Waals surface area contributed by atoms with Crippen molar-refractivity contribution in [1.82, 2.24) is 0 Å². The quantitative estimate of drug-likeness (QED) is 0.122. The number of methoxy groups -OCH3 is 1. The molecular weight excluding hydrogens is 400 g/mol. The van der Waals surface area contributed by atoms with Crippen LogP contribution >= 0.6 is 0 Å². The van der Waals surface area contributed by atoms with Crippen molar-refractivity contribution in [3.8, 4) is 0 Å². The summed E-state index contributed by atoms with van der Waals surface area (Å²) in [5, 5.41) is 8.59. The van der Waals surface area contributed by atoms with E-state index < -0.39 is 8.32 Å². The number of carbonyl (C=O) groups is 1. The minimum atomic E-state index is -1.74. The molecule has 7 nitrogen and oxygen atoms in total. The van der Waals surface area contributed by atoms with E-state index in [1.807, 2.05) is 0 Å². The first-order chi connectivity index (χ1) is 14.3. The van der Waals surface area contributed by atoms with Gasteiger partial charge in [-0.3, -0.25) is 4.79 Å². The fraction of sp³-hybridized carbons (Fsp3) is 0.864. The molecule has 0 spiro atoms. The zero-order chi connectivity index (χ0) is 22.6. The number of esters is 1. The Balaban J connectivity index is 2.99. The summed E-state index contributed by atoms with van der Waals surface area (Å²) >= 11 is 0. The Morgan fingerprint density at radius 2 is 1.77 bits per heavy atom. The number of carbonyl (C=O) groups excluding carboxylic acids is 1. The van der Waals surface area contributed by atoms with Crippen LogP contribution in [-0.2, 0) is 23.6 Å². The Morgan fingerprint density at radius 3 is 2.33 bits per heavy atom. The van der Waals surface area contributed by atoms with E-state index in [1.54, 1.807) is 14.2 Å². The average molecular weight is 443 g/mol. The van der Waals surface area contributed by atoms with Crippen molar-refractivity contribution >= 4 is 25.7 Å². The fourth-order valence-corrected chi connectivity index (χ4v) is 5.39. The van der Waals surface area contributed by atoms with E-state index in [2.05, 4.69) is 36.9 Å². The molecule has 1 aliphatic rings. The smallest absolute Gasteiger partial charge is 0.305 e. The van der Waals surface area contributed by atoms with Gasteiger partial charge in [0.05, 0.1) is 24.6 Å². The molecule has 174 valence electrons. The highest BCUT2D eigenvalue weighted by atomic mass is 28.4. The minimum absolute atomic E-state index is 0.0904. The highest BCUT2D eigenvalue weighted by Crippen LogP contribution is 2.40. The van der Waals surface area contributed by atoms with E-state index >= 15 is 0 Å². The van der Waals surface area contributed by atoms with Crippen LogP contribution in [0.2, 0.25) is 19.6 Å². The predicted molar refractivity (Wildman–Crippen MR) is 123 cm³/mol. The van der Waals surface area contributed by atoms with Gasteiger partial charge in [0.15, 0.2) is 8.32 Å². The molecule has 0 saturated heterocycles. The Labute approximate surface area is 183 Å². The van der Waals surface area contributed by atoms with Gasteiger partial charge in [0.25, 0.3) is 0 Å². The van der Waals surface area contributed by atoms with Crippen molar-refractivity contribution in [2.45, 2.75) is 90.5 Å². The first-order valence-electron chi connectivity index (χ1n) is 11.2. The first kappa shape index (κ1) is 26.6. The zero-order valence-corrected chi connectivity index (χ0v) is 21.0. The lowest BCUT2D eigenvalue weighted by Crippen LogP contribution is -2.35. The molecule has 30 heavy (non-hydrogen) atoms. The SMILES string of the molecule is CCCCC/C(CCC1C(O[Si](C)(C)C)C/C(=N\OC)C1CCC(=O)OC)=N\OC. The van der Waals surface area contributed by atoms with Crippen LogP contribution in [0.25, 0.3) is 0 Å². The summed E-state index contributed by atoms with van der Waals surface area (Å²) in [7, 11) is 2.87. The van der Waals surface area contributed by atoms with Gasteiger partial charge in [-0.25, -0.2) is 0 Å². The van der Waals surface area contributed by atoms with E-state index in [1.165, 1.54) is 20.0 Å². The van der Waals surface area contributed by atoms with Crippen LogP contribution in [0.4, 0.5) is 0 Å². The van der Waals surface area contributed by atoms with Gasteiger partial charge in [-0.05, 0) is 57.7 Å². The Kier molecular flexibility index (Phi) is 12.2. The van der Waals surface area contributed by atoms with Gasteiger partial charge in [-0.2, -0.15) is 0 Å². The van der Waals surface area contributed by atoms with Gasteiger partial charge in [-0.1, -0.05) is 30.1 Å². The summed E-state index contributed by atoms with van der Waals surface area (Å²) in [5.74, 6) is 0.217. The number of hydrogen-bond acceptors (Lipinski definition) is 7. The lowest BCUT2D eigenvalue weighted by atomic mass is 9.85. The minimum Gasteiger partial charge on any atom is -0.469 e. The van der Waals surface area contributed by atoms with Gasteiger partial charge in [0.1, 0.15) is 14.2 Å². The maximum absolute atomic E-state index is 11.8. The molecule has 0 aliphatic heterocycles. The topological polar surface area (TPSA) is 78.7 Å². The van der Waals surface area contributed by atoms with Crippen molar-refractivity contribution < 1.29 is 23.6 Å². The molecule has 0 aromatic carbocycles. The predicted octanol–water partition coefficient (Wildman–Crippen LogP) is 5.16. The number of oxime groups is 2. The molecule has 1 fully saturated rings. The molecule has 3 unspecified atom stereocenters. The van der Waals surface area contributed by atoms with Crippen LogP contribution < -0.4 is 0 Å². The number of rotatable bonds is 14. The third-order valence-corrected chi connectivity index (χ3v) is 6.50. The normalized spacial score (nSPS) is 23.6. The Morgan fingerprint density at radius 1 is 1.03 bits per heavy atom. The van der Waals surface area contributed by atoms with Crippen molar-refractivity contribution in [2.75, 3.05) is 21.3 Å². The maximum Gasteiger partial charge on any atom is 0.305 e. The van der Waals surface area contributed by atoms with Crippen molar-refractivity contribution in [1.29, 1.82) is 0 Å². The van der Waals surface area contributed by atoms with Crippen LogP contribution in [0, 0.1) is 11.8 Å². The summed E-state index contributed by atoms with van der Waals surface area (Å²) in [6, 6.07) is 0. The van der Waals surface area contributed by atoms with Crippen LogP contribution in [0.3, 0.4) is 0 Å². The third kappa shape index (κ3) is 9.60. The van der Waals surface area contributed by atoms with Crippen molar-refractivity contribution in [2.24, 2.45) is 22.1 Å². The van der Waals surface area contributed by atoms with E-state index in [0.717, 1.165) is 43.5 Å². The average Bonchev–Trinajstić information content (AvgIpc) is 2.98. The number of hydrogen-bond donors (Lipinski definition) is 0. The molecule has 0 amide bonds. The van der Waals surface area contributed by atoms with Crippen LogP contribution in [0.15, 0.2) is 10.3 Å². The van der Waals surface area contributed by atoms with E-state index in [9.17, 15) is 4.79 Å². The van der Waals surface area contributed by atoms with Crippen LogP contribution in [0.5, 0.6) is 0 Å². The molecule has 1 aliphatic carbocycles. The lowest BCUT2D eigenvalue weighted by molar-refractivity contribution is -0.140. The molecule has 0 aromatic heterocycles. The van der Waals surface area contributed by atoms with Gasteiger partial charge < -0.3 is 18.8 Å². The van der Waals surface area contributed by atoms with Gasteiger partial charge in [-0.15, -0.1) is 0 Å². The molecule has 1 saturated carbocycles. The second-order valence-electron chi connectivity index (χ2n) is 8.96. The van der Waals surface area contributed by atoms with Crippen LogP contribution in [0.1, 0.15) is 64.7 Å². The van der Waals surface area contributed by atoms with E-state index in [0.29, 0.717) is 12.8 Å². The zero-order valence-electron chi connectivity index (χ0n) is 20.0. The summed E-state index contributed by atoms with van der Waals surface area (Å²) < 4.78 is 11.4. The summed E-state index contributed by atoms with van der Waals surface area (Å²) in [6.45, 7) is 8.83.